The molecule has 0 saturated carbocycles. The second-order valence-corrected chi connectivity index (χ2v) is 5.41. The van der Waals surface area contributed by atoms with E-state index in [4.69, 9.17) is 16.9 Å². The van der Waals surface area contributed by atoms with Gasteiger partial charge in [0.05, 0.1) is 17.2 Å². The number of carbonyl (C=O) groups is 1. The number of benzene rings is 2. The van der Waals surface area contributed by atoms with Crippen molar-refractivity contribution in [2.24, 2.45) is 0 Å². The number of hydrogen-bond acceptors (Lipinski definition) is 2. The number of nitrogens with zero attached hydrogens (tertiary/aromatic N) is 1. The molecule has 2 aromatic carbocycles. The first kappa shape index (κ1) is 14.6. The summed E-state index contributed by atoms with van der Waals surface area (Å²) >= 11 is 9.20. The summed E-state index contributed by atoms with van der Waals surface area (Å²) in [5.74, 6) is -0.221. The molecule has 0 aromatic heterocycles. The Kier molecular flexibility index (Phi) is 4.78. The van der Waals surface area contributed by atoms with Crippen molar-refractivity contribution in [2.75, 3.05) is 0 Å². The number of rotatable bonds is 3. The maximum Gasteiger partial charge on any atom is 0.252 e. The van der Waals surface area contributed by atoms with Crippen molar-refractivity contribution >= 4 is 33.4 Å². The minimum atomic E-state index is -0.221. The maximum absolute atomic E-state index is 12.1. The molecular weight excluding hydrogens is 340 g/mol. The summed E-state index contributed by atoms with van der Waals surface area (Å²) in [6.45, 7) is 0.354. The smallest absolute Gasteiger partial charge is 0.252 e. The topological polar surface area (TPSA) is 52.9 Å². The van der Waals surface area contributed by atoms with Crippen LogP contribution in [-0.2, 0) is 6.54 Å². The molecule has 20 heavy (non-hydrogen) atoms. The van der Waals surface area contributed by atoms with E-state index in [1.54, 1.807) is 36.4 Å². The third kappa shape index (κ3) is 3.60. The molecule has 0 atom stereocenters. The molecule has 0 heterocycles. The fourth-order valence-corrected chi connectivity index (χ4v) is 2.30. The van der Waals surface area contributed by atoms with E-state index in [1.165, 1.54) is 0 Å². The fraction of sp³-hybridized carbons (Fsp3) is 0.0667. The average molecular weight is 350 g/mol. The lowest BCUT2D eigenvalue weighted by Crippen LogP contribution is -2.23. The molecule has 3 nitrogen and oxygen atoms in total. The van der Waals surface area contributed by atoms with Crippen molar-refractivity contribution in [1.82, 2.24) is 5.32 Å². The molecule has 100 valence electrons. The minimum absolute atomic E-state index is 0.221. The maximum atomic E-state index is 12.1. The highest BCUT2D eigenvalue weighted by atomic mass is 79.9. The van der Waals surface area contributed by atoms with Crippen LogP contribution in [0.4, 0.5) is 0 Å². The van der Waals surface area contributed by atoms with Gasteiger partial charge in [-0.3, -0.25) is 4.79 Å². The summed E-state index contributed by atoms with van der Waals surface area (Å²) in [5.41, 5.74) is 1.92. The first-order chi connectivity index (χ1) is 9.60. The Morgan fingerprint density at radius 2 is 2.10 bits per heavy atom. The molecule has 0 radical (unpaired) electrons. The van der Waals surface area contributed by atoms with Gasteiger partial charge < -0.3 is 5.32 Å². The molecule has 1 N–H and O–H groups in total. The molecule has 0 spiro atoms. The Morgan fingerprint density at radius 1 is 1.30 bits per heavy atom. The van der Waals surface area contributed by atoms with E-state index in [-0.39, 0.29) is 5.91 Å². The normalized spacial score (nSPS) is 9.85. The van der Waals surface area contributed by atoms with E-state index < -0.39 is 0 Å². The SMILES string of the molecule is N#Cc1cccc(CNC(=O)c2cc(Cl)ccc2Br)c1. The number of nitrogens with one attached hydrogen (secondary N) is 1. The zero-order valence-corrected chi connectivity index (χ0v) is 12.7. The van der Waals surface area contributed by atoms with Crippen molar-refractivity contribution in [3.05, 3.63) is 68.7 Å². The molecule has 0 aliphatic carbocycles. The highest BCUT2D eigenvalue weighted by molar-refractivity contribution is 9.10. The zero-order valence-electron chi connectivity index (χ0n) is 10.4. The Labute approximate surface area is 130 Å². The van der Waals surface area contributed by atoms with E-state index in [2.05, 4.69) is 27.3 Å². The van der Waals surface area contributed by atoms with E-state index in [0.717, 1.165) is 5.56 Å². The van der Waals surface area contributed by atoms with Gasteiger partial charge >= 0.3 is 0 Å². The van der Waals surface area contributed by atoms with Crippen LogP contribution in [0.25, 0.3) is 0 Å². The van der Waals surface area contributed by atoms with Gasteiger partial charge in [-0.15, -0.1) is 0 Å². The van der Waals surface area contributed by atoms with Crippen LogP contribution < -0.4 is 5.32 Å². The lowest BCUT2D eigenvalue weighted by atomic mass is 10.1. The van der Waals surface area contributed by atoms with Crippen molar-refractivity contribution in [3.8, 4) is 6.07 Å². The predicted octanol–water partition coefficient (Wildman–Crippen LogP) is 3.90. The molecule has 0 unspecified atom stereocenters. The lowest BCUT2D eigenvalue weighted by Gasteiger charge is -2.07. The molecule has 0 saturated heterocycles. The Balaban J connectivity index is 2.09. The second kappa shape index (κ2) is 6.56. The second-order valence-electron chi connectivity index (χ2n) is 4.12. The number of halogens is 2. The van der Waals surface area contributed by atoms with E-state index in [0.29, 0.717) is 27.2 Å². The van der Waals surface area contributed by atoms with Gasteiger partial charge in [0.15, 0.2) is 0 Å². The van der Waals surface area contributed by atoms with Crippen LogP contribution in [-0.4, -0.2) is 5.91 Å². The monoisotopic (exact) mass is 348 g/mol. The molecular formula is C15H10BrClN2O. The number of hydrogen-bond donors (Lipinski definition) is 1. The van der Waals surface area contributed by atoms with Crippen molar-refractivity contribution in [3.63, 3.8) is 0 Å². The fourth-order valence-electron chi connectivity index (χ4n) is 1.70. The average Bonchev–Trinajstić information content (AvgIpc) is 2.47. The van der Waals surface area contributed by atoms with Crippen molar-refractivity contribution in [2.45, 2.75) is 6.54 Å². The van der Waals surface area contributed by atoms with Crippen molar-refractivity contribution in [1.29, 1.82) is 5.26 Å². The van der Waals surface area contributed by atoms with Gasteiger partial charge in [-0.25, -0.2) is 0 Å². The third-order valence-corrected chi connectivity index (χ3v) is 3.61. The molecule has 0 aliphatic heterocycles. The Morgan fingerprint density at radius 3 is 2.85 bits per heavy atom. The first-order valence-corrected chi connectivity index (χ1v) is 6.99. The van der Waals surface area contributed by atoms with Crippen LogP contribution in [0.2, 0.25) is 5.02 Å². The van der Waals surface area contributed by atoms with Gasteiger partial charge in [-0.1, -0.05) is 23.7 Å². The molecule has 5 heteroatoms. The van der Waals surface area contributed by atoms with Crippen LogP contribution in [0.3, 0.4) is 0 Å². The predicted molar refractivity (Wildman–Crippen MR) is 81.5 cm³/mol. The van der Waals surface area contributed by atoms with E-state index >= 15 is 0 Å². The zero-order chi connectivity index (χ0) is 14.5. The first-order valence-electron chi connectivity index (χ1n) is 5.82. The molecule has 0 aliphatic rings. The standard InChI is InChI=1S/C15H10BrClN2O/c16-14-5-4-12(17)7-13(14)15(20)19-9-11-3-1-2-10(6-11)8-18/h1-7H,9H2,(H,19,20). The summed E-state index contributed by atoms with van der Waals surface area (Å²) in [5, 5.41) is 12.1. The number of carbonyl (C=O) groups excluding carboxylic acids is 1. The van der Waals surface area contributed by atoms with Crippen LogP contribution in [0, 0.1) is 11.3 Å². The van der Waals surface area contributed by atoms with Gasteiger partial charge in [-0.05, 0) is 51.8 Å². The van der Waals surface area contributed by atoms with Gasteiger partial charge in [0.1, 0.15) is 0 Å². The highest BCUT2D eigenvalue weighted by Crippen LogP contribution is 2.21. The molecule has 0 fully saturated rings. The minimum Gasteiger partial charge on any atom is -0.348 e. The van der Waals surface area contributed by atoms with Crippen molar-refractivity contribution < 1.29 is 4.79 Å². The van der Waals surface area contributed by atoms with Gasteiger partial charge in [0.2, 0.25) is 0 Å². The summed E-state index contributed by atoms with van der Waals surface area (Å²) < 4.78 is 0.685. The van der Waals surface area contributed by atoms with E-state index in [9.17, 15) is 4.79 Å². The van der Waals surface area contributed by atoms with Crippen LogP contribution in [0.1, 0.15) is 21.5 Å². The Hall–Kier alpha value is -1.83. The quantitative estimate of drug-likeness (QED) is 0.913. The van der Waals surface area contributed by atoms with Crippen LogP contribution in [0.15, 0.2) is 46.9 Å². The summed E-state index contributed by atoms with van der Waals surface area (Å²) in [4.78, 5) is 12.1. The summed E-state index contributed by atoms with van der Waals surface area (Å²) in [7, 11) is 0. The van der Waals surface area contributed by atoms with Gasteiger partial charge in [-0.2, -0.15) is 5.26 Å². The largest absolute Gasteiger partial charge is 0.348 e. The van der Waals surface area contributed by atoms with E-state index in [1.807, 2.05) is 6.07 Å². The molecule has 0 bridgehead atoms. The van der Waals surface area contributed by atoms with Crippen LogP contribution in [0.5, 0.6) is 0 Å². The Bertz CT molecular complexity index is 695. The van der Waals surface area contributed by atoms with Gasteiger partial charge in [0.25, 0.3) is 5.91 Å². The summed E-state index contributed by atoms with van der Waals surface area (Å²) in [6, 6.07) is 14.2. The highest BCUT2D eigenvalue weighted by Gasteiger charge is 2.10. The molecule has 2 rings (SSSR count). The molecule has 2 aromatic rings. The number of nitriles is 1. The van der Waals surface area contributed by atoms with Crippen LogP contribution >= 0.6 is 27.5 Å². The number of amides is 1. The summed E-state index contributed by atoms with van der Waals surface area (Å²) in [6.07, 6.45) is 0. The third-order valence-electron chi connectivity index (χ3n) is 2.68. The lowest BCUT2D eigenvalue weighted by molar-refractivity contribution is 0.0950. The van der Waals surface area contributed by atoms with Gasteiger partial charge in [0, 0.05) is 16.0 Å². The molecule has 1 amide bonds.